The molecule has 0 fully saturated rings. The minimum absolute atomic E-state index is 0.164. The highest BCUT2D eigenvalue weighted by atomic mass is 16.5. The molecule has 0 atom stereocenters. The van der Waals surface area contributed by atoms with E-state index in [2.05, 4.69) is 6.07 Å². The Morgan fingerprint density at radius 2 is 1.93 bits per heavy atom. The summed E-state index contributed by atoms with van der Waals surface area (Å²) in [7, 11) is 0. The molecule has 0 aliphatic rings. The Morgan fingerprint density at radius 1 is 1.29 bits per heavy atom. The highest BCUT2D eigenvalue weighted by Crippen LogP contribution is 2.14. The van der Waals surface area contributed by atoms with Gasteiger partial charge in [0.2, 0.25) is 0 Å². The van der Waals surface area contributed by atoms with Crippen LogP contribution in [0.15, 0.2) is 24.3 Å². The van der Waals surface area contributed by atoms with Gasteiger partial charge >= 0.3 is 0 Å². The van der Waals surface area contributed by atoms with E-state index in [0.29, 0.717) is 12.2 Å². The Kier molecular flexibility index (Phi) is 3.27. The van der Waals surface area contributed by atoms with Gasteiger partial charge in [0.15, 0.2) is 0 Å². The van der Waals surface area contributed by atoms with Crippen LogP contribution in [0.4, 0.5) is 0 Å². The van der Waals surface area contributed by atoms with E-state index in [1.54, 1.807) is 6.07 Å². The van der Waals surface area contributed by atoms with Crippen molar-refractivity contribution in [2.24, 2.45) is 0 Å². The average Bonchev–Trinajstić information content (AvgIpc) is 2.14. The highest BCUT2D eigenvalue weighted by molar-refractivity contribution is 5.36. The second-order valence-corrected chi connectivity index (χ2v) is 4.17. The van der Waals surface area contributed by atoms with E-state index in [9.17, 15) is 0 Å². The van der Waals surface area contributed by atoms with Crippen LogP contribution in [-0.2, 0) is 11.3 Å². The second kappa shape index (κ2) is 4.26. The van der Waals surface area contributed by atoms with E-state index < -0.39 is 0 Å². The molecule has 0 aliphatic heterocycles. The third kappa shape index (κ3) is 3.20. The lowest BCUT2D eigenvalue weighted by atomic mass is 10.1. The fourth-order valence-electron chi connectivity index (χ4n) is 1.05. The van der Waals surface area contributed by atoms with Crippen LogP contribution in [0.5, 0.6) is 0 Å². The van der Waals surface area contributed by atoms with E-state index in [1.807, 2.05) is 39.0 Å². The van der Waals surface area contributed by atoms with Gasteiger partial charge in [0.25, 0.3) is 0 Å². The molecule has 2 nitrogen and oxygen atoms in total. The maximum absolute atomic E-state index is 8.84. The molecule has 1 rings (SSSR count). The first-order valence-corrected chi connectivity index (χ1v) is 4.65. The number of ether oxygens (including phenoxy) is 1. The number of nitrogens with zero attached hydrogens (tertiary/aromatic N) is 1. The van der Waals surface area contributed by atoms with Crippen molar-refractivity contribution < 1.29 is 4.74 Å². The van der Waals surface area contributed by atoms with Crippen LogP contribution in [0.2, 0.25) is 0 Å². The Labute approximate surface area is 85.1 Å². The lowest BCUT2D eigenvalue weighted by molar-refractivity contribution is -0.0150. The van der Waals surface area contributed by atoms with E-state index in [4.69, 9.17) is 10.00 Å². The fourth-order valence-corrected chi connectivity index (χ4v) is 1.05. The van der Waals surface area contributed by atoms with Gasteiger partial charge < -0.3 is 4.74 Å². The maximum Gasteiger partial charge on any atom is 0.0995 e. The summed E-state index contributed by atoms with van der Waals surface area (Å²) in [5.41, 5.74) is 1.48. The zero-order chi connectivity index (χ0) is 10.6. The number of hydrogen-bond acceptors (Lipinski definition) is 2. The van der Waals surface area contributed by atoms with Gasteiger partial charge in [-0.3, -0.25) is 0 Å². The maximum atomic E-state index is 8.84. The standard InChI is InChI=1S/C12H15NO/c1-12(2,3)14-9-11-7-5-4-6-10(11)8-13/h4-7H,9H2,1-3H3. The summed E-state index contributed by atoms with van der Waals surface area (Å²) < 4.78 is 5.61. The summed E-state index contributed by atoms with van der Waals surface area (Å²) in [5, 5.41) is 8.84. The van der Waals surface area contributed by atoms with Gasteiger partial charge in [0, 0.05) is 0 Å². The number of benzene rings is 1. The zero-order valence-corrected chi connectivity index (χ0v) is 8.87. The summed E-state index contributed by atoms with van der Waals surface area (Å²) >= 11 is 0. The first-order chi connectivity index (χ1) is 6.53. The van der Waals surface area contributed by atoms with Crippen LogP contribution in [0.25, 0.3) is 0 Å². The Balaban J connectivity index is 2.73. The predicted molar refractivity (Wildman–Crippen MR) is 55.7 cm³/mol. The van der Waals surface area contributed by atoms with Crippen molar-refractivity contribution >= 4 is 0 Å². The van der Waals surface area contributed by atoms with Crippen LogP contribution in [0.3, 0.4) is 0 Å². The summed E-state index contributed by atoms with van der Waals surface area (Å²) in [5.74, 6) is 0. The highest BCUT2D eigenvalue weighted by Gasteiger charge is 2.11. The fraction of sp³-hybridized carbons (Fsp3) is 0.417. The van der Waals surface area contributed by atoms with Crippen molar-refractivity contribution in [1.82, 2.24) is 0 Å². The molecule has 2 heteroatoms. The molecule has 1 aromatic rings. The molecule has 0 unspecified atom stereocenters. The summed E-state index contributed by atoms with van der Waals surface area (Å²) in [6.45, 7) is 6.50. The molecule has 1 aromatic carbocycles. The van der Waals surface area contributed by atoms with Gasteiger partial charge in [-0.1, -0.05) is 18.2 Å². The zero-order valence-electron chi connectivity index (χ0n) is 8.87. The topological polar surface area (TPSA) is 33.0 Å². The third-order valence-electron chi connectivity index (χ3n) is 1.80. The first kappa shape index (κ1) is 10.7. The van der Waals surface area contributed by atoms with Crippen molar-refractivity contribution in [3.63, 3.8) is 0 Å². The minimum atomic E-state index is -0.164. The van der Waals surface area contributed by atoms with Crippen LogP contribution >= 0.6 is 0 Å². The lowest BCUT2D eigenvalue weighted by Crippen LogP contribution is -2.18. The summed E-state index contributed by atoms with van der Waals surface area (Å²) in [4.78, 5) is 0. The van der Waals surface area contributed by atoms with Crippen molar-refractivity contribution in [2.75, 3.05) is 0 Å². The summed E-state index contributed by atoms with van der Waals surface area (Å²) in [6.07, 6.45) is 0. The van der Waals surface area contributed by atoms with Crippen molar-refractivity contribution in [3.8, 4) is 6.07 Å². The summed E-state index contributed by atoms with van der Waals surface area (Å²) in [6, 6.07) is 9.66. The number of nitriles is 1. The van der Waals surface area contributed by atoms with Gasteiger partial charge in [-0.05, 0) is 32.4 Å². The third-order valence-corrected chi connectivity index (χ3v) is 1.80. The number of rotatable bonds is 2. The first-order valence-electron chi connectivity index (χ1n) is 4.65. The molecule has 0 bridgehead atoms. The molecule has 14 heavy (non-hydrogen) atoms. The molecule has 0 radical (unpaired) electrons. The smallest absolute Gasteiger partial charge is 0.0995 e. The largest absolute Gasteiger partial charge is 0.371 e. The van der Waals surface area contributed by atoms with Gasteiger partial charge in [0.05, 0.1) is 23.8 Å². The molecule has 0 amide bonds. The lowest BCUT2D eigenvalue weighted by Gasteiger charge is -2.19. The molecule has 0 aliphatic carbocycles. The van der Waals surface area contributed by atoms with E-state index in [1.165, 1.54) is 0 Å². The molecule has 0 N–H and O–H groups in total. The Morgan fingerprint density at radius 3 is 2.50 bits per heavy atom. The normalized spacial score (nSPS) is 11.0. The molecule has 0 spiro atoms. The predicted octanol–water partition coefficient (Wildman–Crippen LogP) is 2.87. The van der Waals surface area contributed by atoms with Crippen molar-refractivity contribution in [1.29, 1.82) is 5.26 Å². The van der Waals surface area contributed by atoms with Crippen molar-refractivity contribution in [3.05, 3.63) is 35.4 Å². The van der Waals surface area contributed by atoms with E-state index >= 15 is 0 Å². The quantitative estimate of drug-likeness (QED) is 0.716. The molecular weight excluding hydrogens is 174 g/mol. The van der Waals surface area contributed by atoms with Gasteiger partial charge in [-0.2, -0.15) is 5.26 Å². The monoisotopic (exact) mass is 189 g/mol. The van der Waals surface area contributed by atoms with Gasteiger partial charge in [-0.25, -0.2) is 0 Å². The molecule has 0 saturated heterocycles. The van der Waals surface area contributed by atoms with E-state index in [-0.39, 0.29) is 5.60 Å². The van der Waals surface area contributed by atoms with Crippen LogP contribution in [0, 0.1) is 11.3 Å². The Hall–Kier alpha value is -1.33. The minimum Gasteiger partial charge on any atom is -0.371 e. The number of hydrogen-bond donors (Lipinski definition) is 0. The van der Waals surface area contributed by atoms with Gasteiger partial charge in [-0.15, -0.1) is 0 Å². The van der Waals surface area contributed by atoms with Crippen molar-refractivity contribution in [2.45, 2.75) is 33.0 Å². The molecule has 0 heterocycles. The Bertz CT molecular complexity index is 344. The molecule has 0 aromatic heterocycles. The SMILES string of the molecule is CC(C)(C)OCc1ccccc1C#N. The van der Waals surface area contributed by atoms with Crippen LogP contribution in [-0.4, -0.2) is 5.60 Å². The molecule has 0 saturated carbocycles. The van der Waals surface area contributed by atoms with E-state index in [0.717, 1.165) is 5.56 Å². The molecule has 74 valence electrons. The van der Waals surface area contributed by atoms with Crippen LogP contribution < -0.4 is 0 Å². The molecular formula is C12H15NO. The average molecular weight is 189 g/mol. The van der Waals surface area contributed by atoms with Gasteiger partial charge in [0.1, 0.15) is 0 Å². The van der Waals surface area contributed by atoms with Crippen LogP contribution in [0.1, 0.15) is 31.9 Å². The second-order valence-electron chi connectivity index (χ2n) is 4.17.